The molecule has 1 aromatic heterocycles. The Morgan fingerprint density at radius 3 is 2.64 bits per heavy atom. The monoisotopic (exact) mass is 394 g/mol. The SMILES string of the molecule is Cc1cc(Cl)cc2sc(=NC(=O)c3cccc(S(C)(=O)=O)c3)n(C)c12. The van der Waals surface area contributed by atoms with Crippen molar-refractivity contribution in [3.63, 3.8) is 0 Å². The highest BCUT2D eigenvalue weighted by Gasteiger charge is 2.13. The second-order valence-corrected chi connectivity index (χ2v) is 9.19. The fraction of sp³-hybridized carbons (Fsp3) is 0.176. The molecule has 3 rings (SSSR count). The highest BCUT2D eigenvalue weighted by molar-refractivity contribution is 7.90. The van der Waals surface area contributed by atoms with Gasteiger partial charge >= 0.3 is 0 Å². The van der Waals surface area contributed by atoms with E-state index in [2.05, 4.69) is 4.99 Å². The van der Waals surface area contributed by atoms with Crippen LogP contribution < -0.4 is 4.80 Å². The van der Waals surface area contributed by atoms with Gasteiger partial charge in [0.15, 0.2) is 14.6 Å². The number of hydrogen-bond acceptors (Lipinski definition) is 4. The summed E-state index contributed by atoms with van der Waals surface area (Å²) in [6, 6.07) is 9.58. The summed E-state index contributed by atoms with van der Waals surface area (Å²) in [5.74, 6) is -0.489. The van der Waals surface area contributed by atoms with Crippen LogP contribution in [0.25, 0.3) is 10.2 Å². The Morgan fingerprint density at radius 1 is 1.24 bits per heavy atom. The zero-order valence-electron chi connectivity index (χ0n) is 13.8. The highest BCUT2D eigenvalue weighted by atomic mass is 35.5. The first kappa shape index (κ1) is 17.8. The summed E-state index contributed by atoms with van der Waals surface area (Å²) in [5, 5.41) is 0.630. The number of nitrogens with zero attached hydrogens (tertiary/aromatic N) is 2. The molecule has 0 saturated carbocycles. The first-order valence-corrected chi connectivity index (χ1v) is 10.4. The largest absolute Gasteiger partial charge is 0.319 e. The molecular formula is C17H15ClN2O3S2. The van der Waals surface area contributed by atoms with Crippen molar-refractivity contribution < 1.29 is 13.2 Å². The number of aryl methyl sites for hydroxylation is 2. The molecule has 0 bridgehead atoms. The van der Waals surface area contributed by atoms with Crippen molar-refractivity contribution in [1.82, 2.24) is 4.57 Å². The molecule has 0 unspecified atom stereocenters. The van der Waals surface area contributed by atoms with Gasteiger partial charge in [-0.3, -0.25) is 4.79 Å². The van der Waals surface area contributed by atoms with E-state index in [-0.39, 0.29) is 10.5 Å². The summed E-state index contributed by atoms with van der Waals surface area (Å²) in [7, 11) is -1.55. The van der Waals surface area contributed by atoms with E-state index in [9.17, 15) is 13.2 Å². The van der Waals surface area contributed by atoms with Gasteiger partial charge in [-0.2, -0.15) is 4.99 Å². The van der Waals surface area contributed by atoms with Gasteiger partial charge in [-0.25, -0.2) is 8.42 Å². The Balaban J connectivity index is 2.13. The number of halogens is 1. The summed E-state index contributed by atoms with van der Waals surface area (Å²) < 4.78 is 26.1. The number of rotatable bonds is 2. The molecule has 0 aliphatic carbocycles. The molecule has 25 heavy (non-hydrogen) atoms. The van der Waals surface area contributed by atoms with Crippen molar-refractivity contribution in [2.45, 2.75) is 11.8 Å². The number of fused-ring (bicyclic) bond motifs is 1. The van der Waals surface area contributed by atoms with E-state index in [0.717, 1.165) is 22.0 Å². The molecule has 5 nitrogen and oxygen atoms in total. The summed E-state index contributed by atoms with van der Waals surface area (Å²) in [4.78, 5) is 17.3. The molecule has 0 saturated heterocycles. The van der Waals surface area contributed by atoms with Gasteiger partial charge in [0.2, 0.25) is 0 Å². The van der Waals surface area contributed by atoms with Crippen LogP contribution in [0.3, 0.4) is 0 Å². The lowest BCUT2D eigenvalue weighted by atomic mass is 10.2. The number of benzene rings is 2. The minimum atomic E-state index is -3.38. The maximum Gasteiger partial charge on any atom is 0.279 e. The number of carbonyl (C=O) groups excluding carboxylic acids is 1. The second-order valence-electron chi connectivity index (χ2n) is 5.73. The quantitative estimate of drug-likeness (QED) is 0.669. The normalized spacial score (nSPS) is 12.7. The first-order valence-electron chi connectivity index (χ1n) is 7.31. The van der Waals surface area contributed by atoms with Crippen LogP contribution in [-0.2, 0) is 16.9 Å². The van der Waals surface area contributed by atoms with Crippen molar-refractivity contribution in [1.29, 1.82) is 0 Å². The molecule has 8 heteroatoms. The lowest BCUT2D eigenvalue weighted by Gasteiger charge is -2.01. The van der Waals surface area contributed by atoms with Crippen LogP contribution in [0.15, 0.2) is 46.3 Å². The van der Waals surface area contributed by atoms with Gasteiger partial charge in [0.1, 0.15) is 0 Å². The van der Waals surface area contributed by atoms with Crippen molar-refractivity contribution >= 4 is 48.9 Å². The van der Waals surface area contributed by atoms with E-state index < -0.39 is 15.7 Å². The smallest absolute Gasteiger partial charge is 0.279 e. The van der Waals surface area contributed by atoms with E-state index in [0.29, 0.717) is 9.82 Å². The molecular weight excluding hydrogens is 380 g/mol. The van der Waals surface area contributed by atoms with E-state index in [4.69, 9.17) is 11.6 Å². The number of aromatic nitrogens is 1. The number of hydrogen-bond donors (Lipinski definition) is 0. The van der Waals surface area contributed by atoms with Gasteiger partial charge in [-0.05, 0) is 42.8 Å². The van der Waals surface area contributed by atoms with Gasteiger partial charge in [0.05, 0.1) is 15.1 Å². The summed E-state index contributed by atoms with van der Waals surface area (Å²) >= 11 is 7.45. The summed E-state index contributed by atoms with van der Waals surface area (Å²) in [5.41, 5.74) is 2.19. The molecule has 0 spiro atoms. The summed E-state index contributed by atoms with van der Waals surface area (Å²) in [6.45, 7) is 1.95. The van der Waals surface area contributed by atoms with Gasteiger partial charge in [0, 0.05) is 23.9 Å². The van der Waals surface area contributed by atoms with E-state index in [1.807, 2.05) is 30.7 Å². The van der Waals surface area contributed by atoms with E-state index >= 15 is 0 Å². The van der Waals surface area contributed by atoms with Gasteiger partial charge < -0.3 is 4.57 Å². The minimum Gasteiger partial charge on any atom is -0.319 e. The molecule has 0 fully saturated rings. The molecule has 1 heterocycles. The lowest BCUT2D eigenvalue weighted by molar-refractivity contribution is 0.0997. The van der Waals surface area contributed by atoms with Crippen LogP contribution in [0.5, 0.6) is 0 Å². The van der Waals surface area contributed by atoms with Crippen LogP contribution in [0.1, 0.15) is 15.9 Å². The molecule has 0 aliphatic rings. The van der Waals surface area contributed by atoms with Crippen LogP contribution in [-0.4, -0.2) is 25.1 Å². The second kappa shape index (κ2) is 6.40. The third-order valence-electron chi connectivity index (χ3n) is 3.76. The fourth-order valence-electron chi connectivity index (χ4n) is 2.58. The molecule has 1 amide bonds. The van der Waals surface area contributed by atoms with Gasteiger partial charge in [-0.1, -0.05) is 29.0 Å². The van der Waals surface area contributed by atoms with Crippen molar-refractivity contribution in [3.05, 3.63) is 57.3 Å². The molecule has 0 atom stereocenters. The Hall–Kier alpha value is -1.96. The van der Waals surface area contributed by atoms with Gasteiger partial charge in [-0.15, -0.1) is 0 Å². The van der Waals surface area contributed by atoms with E-state index in [1.165, 1.54) is 29.5 Å². The minimum absolute atomic E-state index is 0.0943. The summed E-state index contributed by atoms with van der Waals surface area (Å²) in [6.07, 6.45) is 1.10. The third-order valence-corrected chi connectivity index (χ3v) is 6.17. The third kappa shape index (κ3) is 3.53. The first-order chi connectivity index (χ1) is 11.7. The number of amides is 1. The molecule has 0 aliphatic heterocycles. The topological polar surface area (TPSA) is 68.5 Å². The van der Waals surface area contributed by atoms with Gasteiger partial charge in [0.25, 0.3) is 5.91 Å². The van der Waals surface area contributed by atoms with Crippen molar-refractivity contribution in [2.75, 3.05) is 6.26 Å². The Bertz CT molecular complexity index is 1170. The van der Waals surface area contributed by atoms with E-state index in [1.54, 1.807) is 6.07 Å². The number of carbonyl (C=O) groups is 1. The predicted octanol–water partition coefficient (Wildman–Crippen LogP) is 3.35. The zero-order chi connectivity index (χ0) is 18.4. The predicted molar refractivity (Wildman–Crippen MR) is 100.0 cm³/mol. The zero-order valence-corrected chi connectivity index (χ0v) is 16.2. The fourth-order valence-corrected chi connectivity index (χ4v) is 4.72. The number of sulfone groups is 1. The average Bonchev–Trinajstić information content (AvgIpc) is 2.82. The Kier molecular flexibility index (Phi) is 4.57. The standard InChI is InChI=1S/C17H15ClN2O3S2/c1-10-7-12(18)9-14-15(10)20(2)17(24-14)19-16(21)11-5-4-6-13(8-11)25(3,22)23/h4-9H,1-3H3. The maximum absolute atomic E-state index is 12.5. The molecule has 0 N–H and O–H groups in total. The highest BCUT2D eigenvalue weighted by Crippen LogP contribution is 2.25. The van der Waals surface area contributed by atoms with Crippen LogP contribution in [0.4, 0.5) is 0 Å². The molecule has 0 radical (unpaired) electrons. The maximum atomic E-state index is 12.5. The van der Waals surface area contributed by atoms with Crippen LogP contribution >= 0.6 is 22.9 Å². The lowest BCUT2D eigenvalue weighted by Crippen LogP contribution is -2.14. The van der Waals surface area contributed by atoms with Crippen LogP contribution in [0.2, 0.25) is 5.02 Å². The molecule has 2 aromatic carbocycles. The molecule has 3 aromatic rings. The van der Waals surface area contributed by atoms with Crippen molar-refractivity contribution in [3.8, 4) is 0 Å². The molecule has 130 valence electrons. The average molecular weight is 395 g/mol. The van der Waals surface area contributed by atoms with Crippen LogP contribution in [0, 0.1) is 6.92 Å². The Labute approximate surface area is 154 Å². The van der Waals surface area contributed by atoms with Crippen molar-refractivity contribution in [2.24, 2.45) is 12.0 Å². The Morgan fingerprint density at radius 2 is 1.96 bits per heavy atom. The number of thiazole rings is 1.